The number of anilines is 2. The molecular weight excluding hydrogens is 246 g/mol. The highest BCUT2D eigenvalue weighted by atomic mass is 16.1. The Balaban J connectivity index is 2.00. The summed E-state index contributed by atoms with van der Waals surface area (Å²) in [6, 6.07) is 0. The molecule has 6 N–H and O–H groups in total. The second kappa shape index (κ2) is 6.10. The van der Waals surface area contributed by atoms with Crippen molar-refractivity contribution in [2.45, 2.75) is 25.7 Å². The second-order valence-electron chi connectivity index (χ2n) is 4.18. The summed E-state index contributed by atoms with van der Waals surface area (Å²) in [6.07, 6.45) is 4.58. The third-order valence-electron chi connectivity index (χ3n) is 2.67. The number of nitrogens with zero attached hydrogens (tertiary/aromatic N) is 3. The van der Waals surface area contributed by atoms with Crippen molar-refractivity contribution in [3.05, 3.63) is 6.33 Å². The maximum absolute atomic E-state index is 11.8. The number of carbonyl (C=O) groups is 1. The Morgan fingerprint density at radius 1 is 1.32 bits per heavy atom. The Morgan fingerprint density at radius 3 is 2.95 bits per heavy atom. The predicted octanol–water partition coefficient (Wildman–Crippen LogP) is 0.393. The van der Waals surface area contributed by atoms with Crippen molar-refractivity contribution < 1.29 is 4.79 Å². The molecule has 1 amide bonds. The molecule has 0 aliphatic carbocycles. The lowest BCUT2D eigenvalue weighted by Gasteiger charge is -2.05. The van der Waals surface area contributed by atoms with E-state index in [9.17, 15) is 4.79 Å². The highest BCUT2D eigenvalue weighted by Crippen LogP contribution is 2.17. The van der Waals surface area contributed by atoms with Gasteiger partial charge in [-0.15, -0.1) is 0 Å². The van der Waals surface area contributed by atoms with Crippen molar-refractivity contribution in [3.63, 3.8) is 0 Å². The first-order valence-corrected chi connectivity index (χ1v) is 6.17. The molecular formula is C11H17N7O. The number of nitrogens with one attached hydrogen (secondary N) is 2. The molecule has 0 radical (unpaired) electrons. The Labute approximate surface area is 110 Å². The van der Waals surface area contributed by atoms with Crippen LogP contribution < -0.4 is 16.8 Å². The van der Waals surface area contributed by atoms with Gasteiger partial charge in [0.2, 0.25) is 11.9 Å². The van der Waals surface area contributed by atoms with Gasteiger partial charge in [-0.2, -0.15) is 9.97 Å². The lowest BCUT2D eigenvalue weighted by molar-refractivity contribution is -0.116. The van der Waals surface area contributed by atoms with E-state index in [-0.39, 0.29) is 11.9 Å². The molecule has 0 aliphatic rings. The number of H-pyrrole nitrogens is 1. The number of imidazole rings is 1. The van der Waals surface area contributed by atoms with Gasteiger partial charge in [-0.25, -0.2) is 4.98 Å². The summed E-state index contributed by atoms with van der Waals surface area (Å²) in [5, 5.41) is 2.72. The molecule has 0 atom stereocenters. The number of aromatic nitrogens is 4. The molecule has 8 heteroatoms. The molecule has 0 bridgehead atoms. The first-order chi connectivity index (χ1) is 9.20. The third kappa shape index (κ3) is 3.38. The van der Waals surface area contributed by atoms with E-state index in [0.29, 0.717) is 29.9 Å². The van der Waals surface area contributed by atoms with Crippen molar-refractivity contribution >= 4 is 28.8 Å². The first-order valence-electron chi connectivity index (χ1n) is 6.17. The van der Waals surface area contributed by atoms with Crippen molar-refractivity contribution in [1.29, 1.82) is 0 Å². The molecule has 0 saturated heterocycles. The van der Waals surface area contributed by atoms with Crippen molar-refractivity contribution in [3.8, 4) is 0 Å². The van der Waals surface area contributed by atoms with Gasteiger partial charge in [-0.1, -0.05) is 6.42 Å². The Bertz CT molecular complexity index is 565. The Morgan fingerprint density at radius 2 is 2.16 bits per heavy atom. The summed E-state index contributed by atoms with van der Waals surface area (Å²) in [5.41, 5.74) is 12.0. The van der Waals surface area contributed by atoms with Gasteiger partial charge >= 0.3 is 0 Å². The fraction of sp³-hybridized carbons (Fsp3) is 0.455. The minimum absolute atomic E-state index is 0.0815. The maximum Gasteiger partial charge on any atom is 0.225 e. The zero-order valence-corrected chi connectivity index (χ0v) is 10.5. The van der Waals surface area contributed by atoms with E-state index < -0.39 is 0 Å². The minimum Gasteiger partial charge on any atom is -0.368 e. The van der Waals surface area contributed by atoms with Crippen molar-refractivity contribution in [2.75, 3.05) is 17.6 Å². The lowest BCUT2D eigenvalue weighted by Crippen LogP contribution is -2.14. The van der Waals surface area contributed by atoms with Crippen LogP contribution in [0.5, 0.6) is 0 Å². The summed E-state index contributed by atoms with van der Waals surface area (Å²) < 4.78 is 0. The molecule has 0 spiro atoms. The van der Waals surface area contributed by atoms with Gasteiger partial charge in [0.15, 0.2) is 11.5 Å². The van der Waals surface area contributed by atoms with Crippen LogP contribution in [0.1, 0.15) is 25.7 Å². The number of aromatic amines is 1. The standard InChI is InChI=1S/C11H17N7O/c12-5-3-1-2-4-7(19)16-10-8-9(15-6-14-8)17-11(13)18-10/h6H,1-5,12H2,(H4,13,14,15,16,17,18,19). The highest BCUT2D eigenvalue weighted by molar-refractivity contribution is 5.97. The Kier molecular flexibility index (Phi) is 4.24. The molecule has 19 heavy (non-hydrogen) atoms. The van der Waals surface area contributed by atoms with Gasteiger partial charge in [0.25, 0.3) is 0 Å². The van der Waals surface area contributed by atoms with Gasteiger partial charge in [0.1, 0.15) is 5.52 Å². The first kappa shape index (κ1) is 13.2. The number of hydrogen-bond donors (Lipinski definition) is 4. The average molecular weight is 263 g/mol. The highest BCUT2D eigenvalue weighted by Gasteiger charge is 2.11. The van der Waals surface area contributed by atoms with Crippen molar-refractivity contribution in [2.24, 2.45) is 5.73 Å². The molecule has 2 aromatic heterocycles. The van der Waals surface area contributed by atoms with Gasteiger partial charge in [-0.05, 0) is 19.4 Å². The molecule has 8 nitrogen and oxygen atoms in total. The van der Waals surface area contributed by atoms with Crippen LogP contribution in [0.2, 0.25) is 0 Å². The molecule has 2 rings (SSSR count). The van der Waals surface area contributed by atoms with E-state index in [0.717, 1.165) is 19.3 Å². The fourth-order valence-corrected chi connectivity index (χ4v) is 1.74. The summed E-state index contributed by atoms with van der Waals surface area (Å²) in [6.45, 7) is 0.652. The molecule has 2 heterocycles. The number of rotatable bonds is 6. The molecule has 102 valence electrons. The van der Waals surface area contributed by atoms with Crippen molar-refractivity contribution in [1.82, 2.24) is 19.9 Å². The van der Waals surface area contributed by atoms with Crippen LogP contribution in [-0.2, 0) is 4.79 Å². The molecule has 0 saturated carbocycles. The monoisotopic (exact) mass is 263 g/mol. The predicted molar refractivity (Wildman–Crippen MR) is 72.2 cm³/mol. The average Bonchev–Trinajstić information content (AvgIpc) is 2.82. The SMILES string of the molecule is NCCCCCC(=O)Nc1nc(N)nc2nc[nH]c12. The van der Waals surface area contributed by atoms with Gasteiger partial charge in [-0.3, -0.25) is 4.79 Å². The van der Waals surface area contributed by atoms with Gasteiger partial charge < -0.3 is 21.8 Å². The molecule has 0 unspecified atom stereocenters. The summed E-state index contributed by atoms with van der Waals surface area (Å²) in [4.78, 5) is 26.6. The quantitative estimate of drug-likeness (QED) is 0.557. The molecule has 0 aromatic carbocycles. The number of fused-ring (bicyclic) bond motifs is 1. The van der Waals surface area contributed by atoms with Gasteiger partial charge in [0.05, 0.1) is 6.33 Å². The molecule has 0 aliphatic heterocycles. The van der Waals surface area contributed by atoms with Crippen LogP contribution >= 0.6 is 0 Å². The topological polar surface area (TPSA) is 136 Å². The lowest BCUT2D eigenvalue weighted by atomic mass is 10.2. The number of carbonyl (C=O) groups excluding carboxylic acids is 1. The van der Waals surface area contributed by atoms with Gasteiger partial charge in [0, 0.05) is 6.42 Å². The second-order valence-corrected chi connectivity index (χ2v) is 4.18. The van der Waals surface area contributed by atoms with Crippen LogP contribution in [0, 0.1) is 0 Å². The molecule has 2 aromatic rings. The third-order valence-corrected chi connectivity index (χ3v) is 2.67. The number of unbranched alkanes of at least 4 members (excludes halogenated alkanes) is 2. The summed E-state index contributed by atoms with van der Waals surface area (Å²) in [5.74, 6) is 0.341. The van der Waals surface area contributed by atoms with E-state index in [4.69, 9.17) is 11.5 Å². The summed E-state index contributed by atoms with van der Waals surface area (Å²) in [7, 11) is 0. The minimum atomic E-state index is -0.106. The smallest absolute Gasteiger partial charge is 0.225 e. The number of hydrogen-bond acceptors (Lipinski definition) is 6. The number of nitrogen functional groups attached to an aromatic ring is 1. The maximum atomic E-state index is 11.8. The Hall–Kier alpha value is -2.22. The van der Waals surface area contributed by atoms with E-state index in [1.165, 1.54) is 6.33 Å². The zero-order chi connectivity index (χ0) is 13.7. The zero-order valence-electron chi connectivity index (χ0n) is 10.5. The normalized spacial score (nSPS) is 10.8. The van der Waals surface area contributed by atoms with Crippen LogP contribution in [0.15, 0.2) is 6.33 Å². The van der Waals surface area contributed by atoms with E-state index in [1.807, 2.05) is 0 Å². The largest absolute Gasteiger partial charge is 0.368 e. The number of amides is 1. The van der Waals surface area contributed by atoms with E-state index >= 15 is 0 Å². The van der Waals surface area contributed by atoms with Crippen LogP contribution in [-0.4, -0.2) is 32.4 Å². The van der Waals surface area contributed by atoms with Crippen LogP contribution in [0.3, 0.4) is 0 Å². The molecule has 0 fully saturated rings. The van der Waals surface area contributed by atoms with Crippen LogP contribution in [0.25, 0.3) is 11.2 Å². The van der Waals surface area contributed by atoms with E-state index in [2.05, 4.69) is 25.3 Å². The van der Waals surface area contributed by atoms with Crippen LogP contribution in [0.4, 0.5) is 11.8 Å². The fourth-order valence-electron chi connectivity index (χ4n) is 1.74. The van der Waals surface area contributed by atoms with E-state index in [1.54, 1.807) is 0 Å². The summed E-state index contributed by atoms with van der Waals surface area (Å²) >= 11 is 0. The number of nitrogens with two attached hydrogens (primary N) is 2.